The molecule has 0 aromatic carbocycles. The van der Waals surface area contributed by atoms with Crippen LogP contribution in [0.15, 0.2) is 23.3 Å². The van der Waals surface area contributed by atoms with Gasteiger partial charge in [0.1, 0.15) is 5.82 Å². The summed E-state index contributed by atoms with van der Waals surface area (Å²) in [6.07, 6.45) is 1.80. The Kier molecular flexibility index (Phi) is 9.09. The molecule has 0 unspecified atom stereocenters. The van der Waals surface area contributed by atoms with E-state index in [1.54, 1.807) is 13.3 Å². The zero-order valence-electron chi connectivity index (χ0n) is 12.8. The molecule has 0 radical (unpaired) electrons. The number of ether oxygens (including phenoxy) is 2. The summed E-state index contributed by atoms with van der Waals surface area (Å²) in [5, 5.41) is 3.00. The number of nitrogens with one attached hydrogen (secondary N) is 1. The first-order chi connectivity index (χ1) is 10.3. The fraction of sp³-hybridized carbons (Fsp3) is 0.571. The summed E-state index contributed by atoms with van der Waals surface area (Å²) in [7, 11) is 1.65. The van der Waals surface area contributed by atoms with Crippen molar-refractivity contribution in [3.05, 3.63) is 23.9 Å². The molecule has 0 aliphatic carbocycles. The third kappa shape index (κ3) is 5.93. The van der Waals surface area contributed by atoms with Gasteiger partial charge >= 0.3 is 0 Å². The van der Waals surface area contributed by atoms with Crippen LogP contribution in [0.5, 0.6) is 0 Å². The summed E-state index contributed by atoms with van der Waals surface area (Å²) in [5.74, 6) is 1.39. The van der Waals surface area contributed by atoms with Crippen molar-refractivity contribution in [3.63, 3.8) is 0 Å². The molecule has 3 N–H and O–H groups in total. The van der Waals surface area contributed by atoms with Gasteiger partial charge in [0.25, 0.3) is 0 Å². The number of hydrogen-bond donors (Lipinski definition) is 2. The molecule has 1 aromatic heterocycles. The van der Waals surface area contributed by atoms with Crippen LogP contribution in [-0.4, -0.2) is 57.5 Å². The lowest BCUT2D eigenvalue weighted by Crippen LogP contribution is -2.37. The van der Waals surface area contributed by atoms with Gasteiger partial charge in [-0.05, 0) is 6.07 Å². The van der Waals surface area contributed by atoms with Crippen LogP contribution in [0.25, 0.3) is 0 Å². The molecule has 0 spiro atoms. The molecule has 1 saturated heterocycles. The normalized spacial score (nSPS) is 15.3. The molecule has 124 valence electrons. The number of halogens is 1. The first kappa shape index (κ1) is 18.9. The predicted molar refractivity (Wildman–Crippen MR) is 97.9 cm³/mol. The molecule has 22 heavy (non-hydrogen) atoms. The molecule has 1 aliphatic heterocycles. The minimum absolute atomic E-state index is 0. The number of aliphatic imine (C=N–C) groups is 1. The smallest absolute Gasteiger partial charge is 0.189 e. The number of aromatic nitrogens is 1. The molecule has 2 heterocycles. The lowest BCUT2D eigenvalue weighted by Gasteiger charge is -2.29. The zero-order valence-corrected chi connectivity index (χ0v) is 15.2. The molecule has 1 fully saturated rings. The number of hydrogen-bond acceptors (Lipinski definition) is 5. The van der Waals surface area contributed by atoms with Crippen molar-refractivity contribution in [2.45, 2.75) is 6.54 Å². The highest BCUT2D eigenvalue weighted by Crippen LogP contribution is 2.19. The Hall–Kier alpha value is -1.13. The van der Waals surface area contributed by atoms with Gasteiger partial charge in [-0.15, -0.1) is 24.0 Å². The van der Waals surface area contributed by atoms with Crippen LogP contribution >= 0.6 is 24.0 Å². The molecule has 2 rings (SSSR count). The van der Waals surface area contributed by atoms with Crippen molar-refractivity contribution in [2.24, 2.45) is 10.7 Å². The number of pyridine rings is 1. The average Bonchev–Trinajstić information content (AvgIpc) is 2.54. The van der Waals surface area contributed by atoms with Crippen LogP contribution in [-0.2, 0) is 16.0 Å². The Morgan fingerprint density at radius 1 is 1.50 bits per heavy atom. The molecular formula is C14H24IN5O2. The van der Waals surface area contributed by atoms with E-state index in [1.807, 2.05) is 12.1 Å². The fourth-order valence-electron chi connectivity index (χ4n) is 2.12. The summed E-state index contributed by atoms with van der Waals surface area (Å²) >= 11 is 0. The van der Waals surface area contributed by atoms with E-state index in [4.69, 9.17) is 15.2 Å². The van der Waals surface area contributed by atoms with Crippen molar-refractivity contribution in [1.82, 2.24) is 10.3 Å². The number of anilines is 1. The van der Waals surface area contributed by atoms with Crippen LogP contribution in [0, 0.1) is 0 Å². The number of nitrogens with zero attached hydrogens (tertiary/aromatic N) is 3. The summed E-state index contributed by atoms with van der Waals surface area (Å²) < 4.78 is 10.3. The van der Waals surface area contributed by atoms with Gasteiger partial charge in [0, 0.05) is 38.5 Å². The van der Waals surface area contributed by atoms with Crippen LogP contribution < -0.4 is 16.0 Å². The third-order valence-electron chi connectivity index (χ3n) is 3.21. The highest BCUT2D eigenvalue weighted by molar-refractivity contribution is 14.0. The maximum Gasteiger partial charge on any atom is 0.189 e. The molecule has 8 heteroatoms. The Labute approximate surface area is 148 Å². The Morgan fingerprint density at radius 2 is 2.27 bits per heavy atom. The number of nitrogens with two attached hydrogens (primary N) is 1. The maximum absolute atomic E-state index is 5.82. The summed E-state index contributed by atoms with van der Waals surface area (Å²) in [4.78, 5) is 11.1. The summed E-state index contributed by atoms with van der Waals surface area (Å²) in [5.41, 5.74) is 6.89. The highest BCUT2D eigenvalue weighted by Gasteiger charge is 2.15. The minimum atomic E-state index is 0. The molecule has 0 atom stereocenters. The van der Waals surface area contributed by atoms with E-state index in [2.05, 4.69) is 20.2 Å². The third-order valence-corrected chi connectivity index (χ3v) is 3.21. The quantitative estimate of drug-likeness (QED) is 0.303. The molecule has 1 aromatic rings. The fourth-order valence-corrected chi connectivity index (χ4v) is 2.12. The van der Waals surface area contributed by atoms with Crippen molar-refractivity contribution >= 4 is 35.8 Å². The van der Waals surface area contributed by atoms with Crippen molar-refractivity contribution < 1.29 is 9.47 Å². The van der Waals surface area contributed by atoms with Gasteiger partial charge in [-0.1, -0.05) is 6.07 Å². The maximum atomic E-state index is 5.82. The van der Waals surface area contributed by atoms with Gasteiger partial charge in [-0.2, -0.15) is 0 Å². The van der Waals surface area contributed by atoms with E-state index in [-0.39, 0.29) is 24.0 Å². The second-order valence-corrected chi connectivity index (χ2v) is 4.71. The van der Waals surface area contributed by atoms with Crippen molar-refractivity contribution in [2.75, 3.05) is 51.5 Å². The van der Waals surface area contributed by atoms with E-state index < -0.39 is 0 Å². The van der Waals surface area contributed by atoms with Crippen molar-refractivity contribution in [1.29, 1.82) is 0 Å². The first-order valence-electron chi connectivity index (χ1n) is 7.10. The standard InChI is InChI=1S/C14H23N5O2.HI/c1-20-8-5-17-14(15)18-11-12-3-2-4-16-13(12)19-6-9-21-10-7-19;/h2-4H,5-11H2,1H3,(H3,15,17,18);1H. The Balaban J connectivity index is 0.00000242. The van der Waals surface area contributed by atoms with Gasteiger partial charge < -0.3 is 25.4 Å². The van der Waals surface area contributed by atoms with Gasteiger partial charge in [0.15, 0.2) is 5.96 Å². The summed E-state index contributed by atoms with van der Waals surface area (Å²) in [6.45, 7) is 4.94. The molecule has 1 aliphatic rings. The van der Waals surface area contributed by atoms with Gasteiger partial charge in [-0.3, -0.25) is 0 Å². The number of morpholine rings is 1. The van der Waals surface area contributed by atoms with E-state index in [9.17, 15) is 0 Å². The van der Waals surface area contributed by atoms with Gasteiger partial charge in [0.05, 0.1) is 26.4 Å². The van der Waals surface area contributed by atoms with Crippen LogP contribution in [0.3, 0.4) is 0 Å². The molecule has 0 saturated carbocycles. The largest absolute Gasteiger partial charge is 0.383 e. The lowest BCUT2D eigenvalue weighted by molar-refractivity contribution is 0.122. The summed E-state index contributed by atoms with van der Waals surface area (Å²) in [6, 6.07) is 3.95. The van der Waals surface area contributed by atoms with Gasteiger partial charge in [-0.25, -0.2) is 9.98 Å². The average molecular weight is 421 g/mol. The second-order valence-electron chi connectivity index (χ2n) is 4.71. The highest BCUT2D eigenvalue weighted by atomic mass is 127. The van der Waals surface area contributed by atoms with Crippen LogP contribution in [0.4, 0.5) is 5.82 Å². The van der Waals surface area contributed by atoms with E-state index in [0.717, 1.165) is 37.7 Å². The van der Waals surface area contributed by atoms with E-state index in [1.165, 1.54) is 0 Å². The SMILES string of the molecule is COCCNC(N)=NCc1cccnc1N1CCOCC1.I. The second kappa shape index (κ2) is 10.6. The monoisotopic (exact) mass is 421 g/mol. The van der Waals surface area contributed by atoms with Crippen LogP contribution in [0.1, 0.15) is 5.56 Å². The number of methoxy groups -OCH3 is 1. The topological polar surface area (TPSA) is 85.0 Å². The van der Waals surface area contributed by atoms with E-state index >= 15 is 0 Å². The molecule has 0 amide bonds. The van der Waals surface area contributed by atoms with Gasteiger partial charge in [0.2, 0.25) is 0 Å². The minimum Gasteiger partial charge on any atom is -0.383 e. The first-order valence-corrected chi connectivity index (χ1v) is 7.10. The molecular weight excluding hydrogens is 397 g/mol. The Morgan fingerprint density at radius 3 is 3.00 bits per heavy atom. The van der Waals surface area contributed by atoms with Crippen molar-refractivity contribution in [3.8, 4) is 0 Å². The molecule has 0 bridgehead atoms. The number of rotatable bonds is 6. The predicted octanol–water partition coefficient (Wildman–Crippen LogP) is 0.587. The Bertz CT molecular complexity index is 466. The number of guanidine groups is 1. The lowest BCUT2D eigenvalue weighted by atomic mass is 10.2. The van der Waals surface area contributed by atoms with Crippen LogP contribution in [0.2, 0.25) is 0 Å². The van der Waals surface area contributed by atoms with E-state index in [0.29, 0.717) is 25.7 Å². The molecule has 7 nitrogen and oxygen atoms in total. The zero-order chi connectivity index (χ0) is 14.9.